The van der Waals surface area contributed by atoms with Gasteiger partial charge in [0.25, 0.3) is 0 Å². The van der Waals surface area contributed by atoms with Gasteiger partial charge in [-0.3, -0.25) is 0 Å². The molecule has 0 aliphatic carbocycles. The van der Waals surface area contributed by atoms with Gasteiger partial charge in [0.2, 0.25) is 0 Å². The molecule has 2 unspecified atom stereocenters. The van der Waals surface area contributed by atoms with Crippen molar-refractivity contribution in [1.29, 1.82) is 0 Å². The van der Waals surface area contributed by atoms with E-state index < -0.39 is 0 Å². The SMILES string of the molecule is Cc1ccc(Cl)cc1NC1CCOC1C. The molecule has 1 fully saturated rings. The molecule has 0 spiro atoms. The van der Waals surface area contributed by atoms with Crippen molar-refractivity contribution in [3.05, 3.63) is 28.8 Å². The average Bonchev–Trinajstić information content (AvgIpc) is 2.58. The third kappa shape index (κ3) is 2.44. The van der Waals surface area contributed by atoms with Crippen LogP contribution in [0.3, 0.4) is 0 Å². The first-order valence-corrected chi connectivity index (χ1v) is 5.69. The molecule has 0 saturated carbocycles. The minimum atomic E-state index is 0.281. The van der Waals surface area contributed by atoms with Gasteiger partial charge in [-0.15, -0.1) is 0 Å². The van der Waals surface area contributed by atoms with Crippen LogP contribution < -0.4 is 5.32 Å². The normalized spacial score (nSPS) is 25.5. The van der Waals surface area contributed by atoms with Gasteiger partial charge in [0, 0.05) is 17.3 Å². The molecule has 1 N–H and O–H groups in total. The molecule has 1 saturated heterocycles. The number of aryl methyl sites for hydroxylation is 1. The van der Waals surface area contributed by atoms with E-state index in [0.717, 1.165) is 23.7 Å². The molecule has 2 rings (SSSR count). The van der Waals surface area contributed by atoms with Gasteiger partial charge in [-0.2, -0.15) is 0 Å². The van der Waals surface area contributed by atoms with Gasteiger partial charge in [0.15, 0.2) is 0 Å². The molecule has 1 aromatic rings. The predicted molar refractivity (Wildman–Crippen MR) is 63.6 cm³/mol. The third-order valence-electron chi connectivity index (χ3n) is 2.92. The maximum atomic E-state index is 5.97. The largest absolute Gasteiger partial charge is 0.379 e. The van der Waals surface area contributed by atoms with Gasteiger partial charge >= 0.3 is 0 Å². The predicted octanol–water partition coefficient (Wildman–Crippen LogP) is 3.24. The highest BCUT2D eigenvalue weighted by Gasteiger charge is 2.24. The number of rotatable bonds is 2. The molecule has 1 aromatic carbocycles. The van der Waals surface area contributed by atoms with Crippen molar-refractivity contribution in [2.75, 3.05) is 11.9 Å². The van der Waals surface area contributed by atoms with Gasteiger partial charge in [-0.25, -0.2) is 0 Å². The van der Waals surface area contributed by atoms with Gasteiger partial charge in [0.05, 0.1) is 12.1 Å². The van der Waals surface area contributed by atoms with Gasteiger partial charge < -0.3 is 10.1 Å². The van der Waals surface area contributed by atoms with E-state index in [0.29, 0.717) is 6.04 Å². The van der Waals surface area contributed by atoms with E-state index in [1.165, 1.54) is 5.56 Å². The van der Waals surface area contributed by atoms with Crippen molar-refractivity contribution in [2.45, 2.75) is 32.4 Å². The lowest BCUT2D eigenvalue weighted by Crippen LogP contribution is -2.26. The molecule has 0 radical (unpaired) electrons. The Bertz CT molecular complexity index is 353. The van der Waals surface area contributed by atoms with Crippen LogP contribution in [0, 0.1) is 6.92 Å². The summed E-state index contributed by atoms with van der Waals surface area (Å²) in [5, 5.41) is 4.26. The Morgan fingerprint density at radius 3 is 2.93 bits per heavy atom. The van der Waals surface area contributed by atoms with Crippen LogP contribution in [-0.4, -0.2) is 18.8 Å². The first-order chi connectivity index (χ1) is 7.16. The Labute approximate surface area is 95.6 Å². The Morgan fingerprint density at radius 2 is 2.27 bits per heavy atom. The smallest absolute Gasteiger partial charge is 0.0748 e. The number of benzene rings is 1. The first kappa shape index (κ1) is 10.8. The van der Waals surface area contributed by atoms with E-state index >= 15 is 0 Å². The molecule has 0 amide bonds. The third-order valence-corrected chi connectivity index (χ3v) is 3.15. The van der Waals surface area contributed by atoms with Crippen LogP contribution in [0.1, 0.15) is 18.9 Å². The van der Waals surface area contributed by atoms with Crippen LogP contribution in [0.4, 0.5) is 5.69 Å². The maximum Gasteiger partial charge on any atom is 0.0748 e. The van der Waals surface area contributed by atoms with Crippen LogP contribution in [0.2, 0.25) is 5.02 Å². The molecule has 0 bridgehead atoms. The van der Waals surface area contributed by atoms with E-state index in [-0.39, 0.29) is 6.10 Å². The van der Waals surface area contributed by atoms with Crippen molar-refractivity contribution in [3.8, 4) is 0 Å². The minimum Gasteiger partial charge on any atom is -0.379 e. The number of hydrogen-bond acceptors (Lipinski definition) is 2. The summed E-state index contributed by atoms with van der Waals surface area (Å²) in [6.45, 7) is 5.03. The fraction of sp³-hybridized carbons (Fsp3) is 0.500. The highest BCUT2D eigenvalue weighted by molar-refractivity contribution is 6.30. The van der Waals surface area contributed by atoms with E-state index in [1.807, 2.05) is 18.2 Å². The summed E-state index contributed by atoms with van der Waals surface area (Å²) in [6, 6.07) is 6.33. The fourth-order valence-electron chi connectivity index (χ4n) is 1.87. The van der Waals surface area contributed by atoms with Gasteiger partial charge in [0.1, 0.15) is 0 Å². The second kappa shape index (κ2) is 4.42. The van der Waals surface area contributed by atoms with Crippen LogP contribution in [0.5, 0.6) is 0 Å². The van der Waals surface area contributed by atoms with Gasteiger partial charge in [-0.05, 0) is 38.0 Å². The molecule has 15 heavy (non-hydrogen) atoms. The minimum absolute atomic E-state index is 0.281. The lowest BCUT2D eigenvalue weighted by atomic mass is 10.1. The van der Waals surface area contributed by atoms with Crippen molar-refractivity contribution in [2.24, 2.45) is 0 Å². The summed E-state index contributed by atoms with van der Waals surface area (Å²) >= 11 is 5.97. The number of anilines is 1. The summed E-state index contributed by atoms with van der Waals surface area (Å²) in [6.07, 6.45) is 1.34. The highest BCUT2D eigenvalue weighted by atomic mass is 35.5. The van der Waals surface area contributed by atoms with Crippen molar-refractivity contribution in [3.63, 3.8) is 0 Å². The molecule has 2 nitrogen and oxygen atoms in total. The van der Waals surface area contributed by atoms with Crippen LogP contribution in [0.15, 0.2) is 18.2 Å². The Kier molecular flexibility index (Phi) is 3.17. The molecule has 3 heteroatoms. The number of nitrogens with one attached hydrogen (secondary N) is 1. The Morgan fingerprint density at radius 1 is 1.47 bits per heavy atom. The molecule has 0 aromatic heterocycles. The summed E-state index contributed by atoms with van der Waals surface area (Å²) in [4.78, 5) is 0. The van der Waals surface area contributed by atoms with E-state index in [4.69, 9.17) is 16.3 Å². The van der Waals surface area contributed by atoms with E-state index in [1.54, 1.807) is 0 Å². The number of hydrogen-bond donors (Lipinski definition) is 1. The lowest BCUT2D eigenvalue weighted by Gasteiger charge is -2.19. The first-order valence-electron chi connectivity index (χ1n) is 5.31. The molecular formula is C12H16ClNO. The molecule has 1 aliphatic heterocycles. The Balaban J connectivity index is 2.12. The zero-order valence-corrected chi connectivity index (χ0v) is 9.84. The number of ether oxygens (including phenoxy) is 1. The summed E-state index contributed by atoms with van der Waals surface area (Å²) in [5.41, 5.74) is 2.34. The molecular weight excluding hydrogens is 210 g/mol. The maximum absolute atomic E-state index is 5.97. The summed E-state index contributed by atoms with van der Waals surface area (Å²) in [5.74, 6) is 0. The number of halogens is 1. The zero-order valence-electron chi connectivity index (χ0n) is 9.09. The van der Waals surface area contributed by atoms with Gasteiger partial charge in [-0.1, -0.05) is 17.7 Å². The Hall–Kier alpha value is -0.730. The standard InChI is InChI=1S/C12H16ClNO/c1-8-3-4-10(13)7-12(8)14-11-5-6-15-9(11)2/h3-4,7,9,11,14H,5-6H2,1-2H3. The second-order valence-corrected chi connectivity index (χ2v) is 4.51. The quantitative estimate of drug-likeness (QED) is 0.835. The highest BCUT2D eigenvalue weighted by Crippen LogP contribution is 2.24. The van der Waals surface area contributed by atoms with E-state index in [9.17, 15) is 0 Å². The lowest BCUT2D eigenvalue weighted by molar-refractivity contribution is 0.121. The molecule has 1 aliphatic rings. The topological polar surface area (TPSA) is 21.3 Å². The monoisotopic (exact) mass is 225 g/mol. The zero-order chi connectivity index (χ0) is 10.8. The molecule has 1 heterocycles. The van der Waals surface area contributed by atoms with E-state index in [2.05, 4.69) is 19.2 Å². The van der Waals surface area contributed by atoms with Crippen LogP contribution >= 0.6 is 11.6 Å². The average molecular weight is 226 g/mol. The molecule has 2 atom stereocenters. The summed E-state index contributed by atoms with van der Waals surface area (Å²) in [7, 11) is 0. The molecule has 82 valence electrons. The van der Waals surface area contributed by atoms with Crippen LogP contribution in [0.25, 0.3) is 0 Å². The fourth-order valence-corrected chi connectivity index (χ4v) is 2.04. The second-order valence-electron chi connectivity index (χ2n) is 4.07. The van der Waals surface area contributed by atoms with Crippen molar-refractivity contribution >= 4 is 17.3 Å². The van der Waals surface area contributed by atoms with Crippen LogP contribution in [-0.2, 0) is 4.74 Å². The summed E-state index contributed by atoms with van der Waals surface area (Å²) < 4.78 is 5.51. The van der Waals surface area contributed by atoms with Crippen molar-refractivity contribution in [1.82, 2.24) is 0 Å². The van der Waals surface area contributed by atoms with Crippen molar-refractivity contribution < 1.29 is 4.74 Å².